The number of nitrogens with one attached hydrogen (secondary N) is 1. The van der Waals surface area contributed by atoms with Gasteiger partial charge in [-0.05, 0) is 53.8 Å². The number of halogens is 1. The van der Waals surface area contributed by atoms with Gasteiger partial charge in [-0.3, -0.25) is 4.79 Å². The lowest BCUT2D eigenvalue weighted by Gasteiger charge is -2.35. The summed E-state index contributed by atoms with van der Waals surface area (Å²) in [4.78, 5) is 26.2. The number of carbonyl (C=O) groups excluding carboxylic acids is 1. The second-order valence-corrected chi connectivity index (χ2v) is 8.11. The molecule has 1 saturated heterocycles. The SMILES string of the molecule is Cc1cc(Nc2ccccc2)nc(N2CCN(C(=O)c3ccccc3I)CC2)n1. The van der Waals surface area contributed by atoms with Crippen LogP contribution in [0.3, 0.4) is 0 Å². The largest absolute Gasteiger partial charge is 0.340 e. The minimum absolute atomic E-state index is 0.0891. The first kappa shape index (κ1) is 19.6. The van der Waals surface area contributed by atoms with E-state index in [1.807, 2.05) is 72.5 Å². The van der Waals surface area contributed by atoms with Crippen molar-refractivity contribution < 1.29 is 4.79 Å². The summed E-state index contributed by atoms with van der Waals surface area (Å²) in [6.45, 7) is 4.70. The fourth-order valence-corrected chi connectivity index (χ4v) is 3.96. The summed E-state index contributed by atoms with van der Waals surface area (Å²) >= 11 is 2.22. The topological polar surface area (TPSA) is 61.4 Å². The molecule has 3 aromatic rings. The Balaban J connectivity index is 1.44. The van der Waals surface area contributed by atoms with Crippen LogP contribution >= 0.6 is 22.6 Å². The third kappa shape index (κ3) is 4.67. The second-order valence-electron chi connectivity index (χ2n) is 6.94. The molecule has 2 heterocycles. The quantitative estimate of drug-likeness (QED) is 0.548. The monoisotopic (exact) mass is 499 g/mol. The molecular weight excluding hydrogens is 477 g/mol. The highest BCUT2D eigenvalue weighted by Gasteiger charge is 2.24. The van der Waals surface area contributed by atoms with Crippen LogP contribution in [0.5, 0.6) is 0 Å². The number of hydrogen-bond donors (Lipinski definition) is 1. The Morgan fingerprint density at radius 2 is 1.66 bits per heavy atom. The minimum atomic E-state index is 0.0891. The van der Waals surface area contributed by atoms with E-state index >= 15 is 0 Å². The molecule has 0 aliphatic carbocycles. The van der Waals surface area contributed by atoms with E-state index in [4.69, 9.17) is 4.98 Å². The zero-order chi connectivity index (χ0) is 20.2. The lowest BCUT2D eigenvalue weighted by Crippen LogP contribution is -2.49. The molecule has 4 rings (SSSR count). The molecule has 148 valence electrons. The van der Waals surface area contributed by atoms with E-state index in [1.165, 1.54) is 0 Å². The van der Waals surface area contributed by atoms with Crippen LogP contribution in [-0.4, -0.2) is 47.0 Å². The number of amides is 1. The van der Waals surface area contributed by atoms with Gasteiger partial charge in [0.1, 0.15) is 5.82 Å². The van der Waals surface area contributed by atoms with Crippen LogP contribution in [0, 0.1) is 10.5 Å². The van der Waals surface area contributed by atoms with Crippen molar-refractivity contribution in [2.75, 3.05) is 36.4 Å². The van der Waals surface area contributed by atoms with Crippen molar-refractivity contribution in [1.29, 1.82) is 0 Å². The van der Waals surface area contributed by atoms with Gasteiger partial charge in [-0.1, -0.05) is 30.3 Å². The predicted molar refractivity (Wildman–Crippen MR) is 124 cm³/mol. The lowest BCUT2D eigenvalue weighted by molar-refractivity contribution is 0.0745. The molecule has 0 spiro atoms. The third-order valence-electron chi connectivity index (χ3n) is 4.84. The summed E-state index contributed by atoms with van der Waals surface area (Å²) in [5, 5.41) is 3.34. The van der Waals surface area contributed by atoms with Gasteiger partial charge in [0.15, 0.2) is 0 Å². The smallest absolute Gasteiger partial charge is 0.255 e. The Hall–Kier alpha value is -2.68. The molecule has 0 bridgehead atoms. The van der Waals surface area contributed by atoms with E-state index in [0.29, 0.717) is 32.1 Å². The lowest BCUT2D eigenvalue weighted by atomic mass is 10.2. The van der Waals surface area contributed by atoms with Crippen molar-refractivity contribution in [2.24, 2.45) is 0 Å². The molecule has 7 heteroatoms. The van der Waals surface area contributed by atoms with E-state index in [-0.39, 0.29) is 5.91 Å². The summed E-state index contributed by atoms with van der Waals surface area (Å²) in [6, 6.07) is 19.6. The van der Waals surface area contributed by atoms with E-state index in [2.05, 4.69) is 37.8 Å². The van der Waals surface area contributed by atoms with Gasteiger partial charge in [-0.15, -0.1) is 0 Å². The zero-order valence-corrected chi connectivity index (χ0v) is 18.3. The Morgan fingerprint density at radius 3 is 2.38 bits per heavy atom. The molecule has 1 N–H and O–H groups in total. The van der Waals surface area contributed by atoms with Gasteiger partial charge in [0, 0.05) is 47.2 Å². The number of hydrogen-bond acceptors (Lipinski definition) is 5. The highest BCUT2D eigenvalue weighted by Crippen LogP contribution is 2.20. The van der Waals surface area contributed by atoms with Gasteiger partial charge in [-0.25, -0.2) is 4.98 Å². The van der Waals surface area contributed by atoms with Crippen LogP contribution < -0.4 is 10.2 Å². The van der Waals surface area contributed by atoms with Crippen molar-refractivity contribution in [2.45, 2.75) is 6.92 Å². The molecule has 0 saturated carbocycles. The highest BCUT2D eigenvalue weighted by molar-refractivity contribution is 14.1. The van der Waals surface area contributed by atoms with Crippen molar-refractivity contribution in [1.82, 2.24) is 14.9 Å². The number of carbonyl (C=O) groups is 1. The Bertz CT molecular complexity index is 1000. The number of para-hydroxylation sites is 1. The van der Waals surface area contributed by atoms with Crippen molar-refractivity contribution in [3.8, 4) is 0 Å². The average molecular weight is 499 g/mol. The average Bonchev–Trinajstić information content (AvgIpc) is 2.74. The maximum atomic E-state index is 12.8. The Labute approximate surface area is 184 Å². The summed E-state index contributed by atoms with van der Waals surface area (Å²) in [5.74, 6) is 1.56. The number of nitrogens with zero attached hydrogens (tertiary/aromatic N) is 4. The molecule has 29 heavy (non-hydrogen) atoms. The number of aryl methyl sites for hydroxylation is 1. The highest BCUT2D eigenvalue weighted by atomic mass is 127. The molecule has 0 unspecified atom stereocenters. The summed E-state index contributed by atoms with van der Waals surface area (Å²) in [6.07, 6.45) is 0. The Kier molecular flexibility index (Phi) is 5.94. The van der Waals surface area contributed by atoms with Crippen LogP contribution in [-0.2, 0) is 0 Å². The van der Waals surface area contributed by atoms with Crippen molar-refractivity contribution in [3.63, 3.8) is 0 Å². The molecule has 2 aromatic carbocycles. The van der Waals surface area contributed by atoms with Gasteiger partial charge in [0.2, 0.25) is 5.95 Å². The van der Waals surface area contributed by atoms with Crippen LogP contribution in [0.1, 0.15) is 16.1 Å². The molecule has 1 aliphatic rings. The standard InChI is InChI=1S/C22H22IN5O/c1-16-15-20(25-17-7-3-2-4-8-17)26-22(24-16)28-13-11-27(12-14-28)21(29)18-9-5-6-10-19(18)23/h2-10,15H,11-14H2,1H3,(H,24,25,26). The molecule has 1 fully saturated rings. The first-order valence-corrected chi connectivity index (χ1v) is 10.6. The summed E-state index contributed by atoms with van der Waals surface area (Å²) < 4.78 is 0.983. The maximum Gasteiger partial charge on any atom is 0.255 e. The van der Waals surface area contributed by atoms with Gasteiger partial charge in [0.05, 0.1) is 5.56 Å². The molecule has 0 radical (unpaired) electrons. The number of rotatable bonds is 4. The molecule has 0 atom stereocenters. The number of aromatic nitrogens is 2. The normalized spacial score (nSPS) is 14.0. The van der Waals surface area contributed by atoms with E-state index in [1.54, 1.807) is 0 Å². The van der Waals surface area contributed by atoms with Crippen LogP contribution in [0.15, 0.2) is 60.7 Å². The molecule has 1 amide bonds. The van der Waals surface area contributed by atoms with Crippen LogP contribution in [0.4, 0.5) is 17.5 Å². The predicted octanol–water partition coefficient (Wildman–Crippen LogP) is 4.10. The van der Waals surface area contributed by atoms with E-state index < -0.39 is 0 Å². The molecule has 1 aliphatic heterocycles. The van der Waals surface area contributed by atoms with Crippen molar-refractivity contribution in [3.05, 3.63) is 75.5 Å². The van der Waals surface area contributed by atoms with Crippen LogP contribution in [0.25, 0.3) is 0 Å². The molecule has 1 aromatic heterocycles. The number of benzene rings is 2. The molecular formula is C22H22IN5O. The second kappa shape index (κ2) is 8.77. The van der Waals surface area contributed by atoms with Gasteiger partial charge >= 0.3 is 0 Å². The minimum Gasteiger partial charge on any atom is -0.340 e. The number of anilines is 3. The number of piperazine rings is 1. The molecule has 6 nitrogen and oxygen atoms in total. The maximum absolute atomic E-state index is 12.8. The zero-order valence-electron chi connectivity index (χ0n) is 16.2. The van der Waals surface area contributed by atoms with E-state index in [9.17, 15) is 4.79 Å². The summed E-state index contributed by atoms with van der Waals surface area (Å²) in [7, 11) is 0. The fraction of sp³-hybridized carbons (Fsp3) is 0.227. The first-order chi connectivity index (χ1) is 14.1. The van der Waals surface area contributed by atoms with Gasteiger partial charge in [0.25, 0.3) is 5.91 Å². The van der Waals surface area contributed by atoms with Gasteiger partial charge in [-0.2, -0.15) is 4.98 Å². The van der Waals surface area contributed by atoms with Crippen LogP contribution in [0.2, 0.25) is 0 Å². The fourth-order valence-electron chi connectivity index (χ4n) is 3.34. The van der Waals surface area contributed by atoms with Crippen molar-refractivity contribution >= 4 is 46.0 Å². The van der Waals surface area contributed by atoms with E-state index in [0.717, 1.165) is 26.3 Å². The first-order valence-electron chi connectivity index (χ1n) is 9.57. The Morgan fingerprint density at radius 1 is 0.966 bits per heavy atom. The van der Waals surface area contributed by atoms with Gasteiger partial charge < -0.3 is 15.1 Å². The summed E-state index contributed by atoms with van der Waals surface area (Å²) in [5.41, 5.74) is 2.66. The third-order valence-corrected chi connectivity index (χ3v) is 5.78.